The van der Waals surface area contributed by atoms with E-state index in [1.165, 1.54) is 14.0 Å². The largest absolute Gasteiger partial charge is 0.487 e. The Hall–Kier alpha value is -1.90. The second-order valence-corrected chi connectivity index (χ2v) is 4.38. The van der Waals surface area contributed by atoms with E-state index in [2.05, 4.69) is 10.1 Å². The third-order valence-corrected chi connectivity index (χ3v) is 3.04. The van der Waals surface area contributed by atoms with Crippen molar-refractivity contribution in [1.82, 2.24) is 5.32 Å². The maximum absolute atomic E-state index is 13.3. The second kappa shape index (κ2) is 6.25. The van der Waals surface area contributed by atoms with Crippen LogP contribution in [0.15, 0.2) is 0 Å². The lowest BCUT2D eigenvalue weighted by Crippen LogP contribution is -2.48. The fourth-order valence-corrected chi connectivity index (χ4v) is 1.41. The molecule has 1 rings (SSSR count). The Bertz CT molecular complexity index is 537. The number of carboxylic acids is 1. The molecule has 0 bridgehead atoms. The molecular formula is C12H12F5NO3. The van der Waals surface area contributed by atoms with E-state index in [0.717, 1.165) is 0 Å². The molecule has 1 aromatic rings. The second-order valence-electron chi connectivity index (χ2n) is 4.38. The standard InChI is InChI=1S/C12H12F5NO3/c1-12(18-2,11(19)20)3-4-21-10-8(16)6(14)5(13)7(15)9(10)17/h18H,3-4H2,1-2H3,(H,19,20). The average molecular weight is 313 g/mol. The molecular weight excluding hydrogens is 301 g/mol. The molecule has 0 saturated carbocycles. The minimum Gasteiger partial charge on any atom is -0.487 e. The average Bonchev–Trinajstić information content (AvgIpc) is 2.46. The Morgan fingerprint density at radius 2 is 1.52 bits per heavy atom. The quantitative estimate of drug-likeness (QED) is 0.480. The topological polar surface area (TPSA) is 58.6 Å². The Balaban J connectivity index is 2.94. The predicted molar refractivity (Wildman–Crippen MR) is 61.4 cm³/mol. The summed E-state index contributed by atoms with van der Waals surface area (Å²) in [5.41, 5.74) is -1.47. The summed E-state index contributed by atoms with van der Waals surface area (Å²) in [5.74, 6) is -13.4. The number of aliphatic carboxylic acids is 1. The highest BCUT2D eigenvalue weighted by molar-refractivity contribution is 5.78. The lowest BCUT2D eigenvalue weighted by atomic mass is 9.99. The van der Waals surface area contributed by atoms with Crippen molar-refractivity contribution < 1.29 is 36.6 Å². The van der Waals surface area contributed by atoms with Gasteiger partial charge in [-0.05, 0) is 14.0 Å². The van der Waals surface area contributed by atoms with Crippen LogP contribution in [0.3, 0.4) is 0 Å². The molecule has 1 aromatic carbocycles. The van der Waals surface area contributed by atoms with Crippen molar-refractivity contribution in [2.45, 2.75) is 18.9 Å². The number of nitrogens with one attached hydrogen (secondary N) is 1. The molecule has 1 unspecified atom stereocenters. The van der Waals surface area contributed by atoms with Crippen LogP contribution in [0.1, 0.15) is 13.3 Å². The van der Waals surface area contributed by atoms with E-state index in [9.17, 15) is 26.7 Å². The van der Waals surface area contributed by atoms with Crippen LogP contribution in [0.4, 0.5) is 22.0 Å². The van der Waals surface area contributed by atoms with E-state index in [4.69, 9.17) is 5.11 Å². The number of hydrogen-bond donors (Lipinski definition) is 2. The summed E-state index contributed by atoms with van der Waals surface area (Å²) in [5, 5.41) is 11.4. The van der Waals surface area contributed by atoms with Gasteiger partial charge in [0.15, 0.2) is 5.75 Å². The molecule has 0 aromatic heterocycles. The third kappa shape index (κ3) is 3.23. The van der Waals surface area contributed by atoms with Gasteiger partial charge in [0.2, 0.25) is 29.1 Å². The Morgan fingerprint density at radius 1 is 1.10 bits per heavy atom. The predicted octanol–water partition coefficient (Wildman–Crippen LogP) is 2.21. The molecule has 2 N–H and O–H groups in total. The molecule has 9 heteroatoms. The lowest BCUT2D eigenvalue weighted by Gasteiger charge is -2.24. The molecule has 0 aliphatic carbocycles. The van der Waals surface area contributed by atoms with Crippen molar-refractivity contribution in [2.75, 3.05) is 13.7 Å². The van der Waals surface area contributed by atoms with Crippen molar-refractivity contribution in [3.8, 4) is 5.75 Å². The molecule has 0 heterocycles. The molecule has 1 atom stereocenters. The summed E-state index contributed by atoms with van der Waals surface area (Å²) in [6, 6.07) is 0. The number of halogens is 5. The van der Waals surface area contributed by atoms with Crippen molar-refractivity contribution in [3.05, 3.63) is 29.1 Å². The fraction of sp³-hybridized carbons (Fsp3) is 0.417. The zero-order valence-corrected chi connectivity index (χ0v) is 11.1. The van der Waals surface area contributed by atoms with E-state index in [1.54, 1.807) is 0 Å². The minimum absolute atomic E-state index is 0.266. The zero-order chi connectivity index (χ0) is 16.4. The van der Waals surface area contributed by atoms with E-state index < -0.39 is 53.0 Å². The molecule has 0 aliphatic rings. The first kappa shape index (κ1) is 17.2. The zero-order valence-electron chi connectivity index (χ0n) is 11.1. The molecule has 21 heavy (non-hydrogen) atoms. The van der Waals surface area contributed by atoms with Gasteiger partial charge in [0.25, 0.3) is 0 Å². The van der Waals surface area contributed by atoms with Crippen LogP contribution < -0.4 is 10.1 Å². The van der Waals surface area contributed by atoms with E-state index in [0.29, 0.717) is 0 Å². The number of benzene rings is 1. The van der Waals surface area contributed by atoms with E-state index in [1.807, 2.05) is 0 Å². The number of rotatable bonds is 6. The van der Waals surface area contributed by atoms with Crippen LogP contribution in [0.25, 0.3) is 0 Å². The summed E-state index contributed by atoms with van der Waals surface area (Å²) < 4.78 is 69.7. The smallest absolute Gasteiger partial charge is 0.323 e. The van der Waals surface area contributed by atoms with Crippen LogP contribution in [0.2, 0.25) is 0 Å². The summed E-state index contributed by atoms with van der Waals surface area (Å²) in [6.45, 7) is 0.708. The monoisotopic (exact) mass is 313 g/mol. The van der Waals surface area contributed by atoms with E-state index in [-0.39, 0.29) is 6.42 Å². The highest BCUT2D eigenvalue weighted by Crippen LogP contribution is 2.29. The lowest BCUT2D eigenvalue weighted by molar-refractivity contribution is -0.144. The minimum atomic E-state index is -2.29. The maximum Gasteiger partial charge on any atom is 0.323 e. The molecule has 0 aliphatic heterocycles. The van der Waals surface area contributed by atoms with Gasteiger partial charge in [0, 0.05) is 6.42 Å². The number of carbonyl (C=O) groups is 1. The van der Waals surface area contributed by atoms with Gasteiger partial charge in [-0.25, -0.2) is 13.2 Å². The normalized spacial score (nSPS) is 13.9. The Morgan fingerprint density at radius 3 is 1.90 bits per heavy atom. The summed E-state index contributed by atoms with van der Waals surface area (Å²) >= 11 is 0. The number of hydrogen-bond acceptors (Lipinski definition) is 3. The molecule has 0 fully saturated rings. The first-order chi connectivity index (χ1) is 9.65. The van der Waals surface area contributed by atoms with Crippen LogP contribution in [0, 0.1) is 29.1 Å². The molecule has 0 radical (unpaired) electrons. The van der Waals surface area contributed by atoms with Gasteiger partial charge in [0.05, 0.1) is 6.61 Å². The van der Waals surface area contributed by atoms with Crippen molar-refractivity contribution >= 4 is 5.97 Å². The van der Waals surface area contributed by atoms with Crippen LogP contribution >= 0.6 is 0 Å². The summed E-state index contributed by atoms with van der Waals surface area (Å²) in [4.78, 5) is 10.9. The van der Waals surface area contributed by atoms with Crippen molar-refractivity contribution in [1.29, 1.82) is 0 Å². The van der Waals surface area contributed by atoms with Crippen LogP contribution in [0.5, 0.6) is 5.75 Å². The van der Waals surface area contributed by atoms with Gasteiger partial charge in [-0.3, -0.25) is 4.79 Å². The van der Waals surface area contributed by atoms with E-state index >= 15 is 0 Å². The van der Waals surface area contributed by atoms with Gasteiger partial charge in [0.1, 0.15) is 5.54 Å². The van der Waals surface area contributed by atoms with Gasteiger partial charge in [-0.1, -0.05) is 0 Å². The summed E-state index contributed by atoms with van der Waals surface area (Å²) in [7, 11) is 1.34. The first-order valence-corrected chi connectivity index (χ1v) is 5.72. The van der Waals surface area contributed by atoms with Crippen LogP contribution in [-0.4, -0.2) is 30.3 Å². The van der Waals surface area contributed by atoms with Gasteiger partial charge in [-0.15, -0.1) is 0 Å². The Kier molecular flexibility index (Phi) is 5.10. The number of carboxylic acid groups (broad SMARTS) is 1. The van der Waals surface area contributed by atoms with Crippen LogP contribution in [-0.2, 0) is 4.79 Å². The molecule has 4 nitrogen and oxygen atoms in total. The fourth-order valence-electron chi connectivity index (χ4n) is 1.41. The summed E-state index contributed by atoms with van der Waals surface area (Å²) in [6.07, 6.45) is -0.266. The molecule has 0 spiro atoms. The number of likely N-dealkylation sites (N-methyl/N-ethyl adjacent to an activating group) is 1. The Labute approximate surface area is 116 Å². The first-order valence-electron chi connectivity index (χ1n) is 5.72. The van der Waals surface area contributed by atoms with Crippen molar-refractivity contribution in [2.24, 2.45) is 0 Å². The third-order valence-electron chi connectivity index (χ3n) is 3.04. The van der Waals surface area contributed by atoms with Crippen molar-refractivity contribution in [3.63, 3.8) is 0 Å². The van der Waals surface area contributed by atoms with Gasteiger partial charge < -0.3 is 15.2 Å². The molecule has 0 amide bonds. The SMILES string of the molecule is CNC(C)(CCOc1c(F)c(F)c(F)c(F)c1F)C(=O)O. The molecule has 0 saturated heterocycles. The highest BCUT2D eigenvalue weighted by Gasteiger charge is 2.32. The highest BCUT2D eigenvalue weighted by atomic mass is 19.2. The number of ether oxygens (including phenoxy) is 1. The van der Waals surface area contributed by atoms with Gasteiger partial charge >= 0.3 is 5.97 Å². The van der Waals surface area contributed by atoms with Gasteiger partial charge in [-0.2, -0.15) is 8.78 Å². The molecule has 118 valence electrons. The maximum atomic E-state index is 13.3.